The zero-order valence-electron chi connectivity index (χ0n) is 23.3. The summed E-state index contributed by atoms with van der Waals surface area (Å²) in [5, 5.41) is 20.1. The zero-order chi connectivity index (χ0) is 29.6. The molecule has 1 saturated heterocycles. The molecule has 4 aliphatic rings. The molecule has 10 heteroatoms. The Morgan fingerprint density at radius 2 is 1.78 bits per heavy atom. The lowest BCUT2D eigenvalue weighted by Gasteiger charge is -2.42. The number of likely N-dealkylation sites (tertiary alicyclic amines) is 1. The first-order valence-corrected chi connectivity index (χ1v) is 13.8. The number of unbranched alkanes of at least 4 members (excludes halogenated alkanes) is 2. The van der Waals surface area contributed by atoms with Crippen LogP contribution < -0.4 is 9.47 Å². The van der Waals surface area contributed by atoms with Gasteiger partial charge in [0.1, 0.15) is 17.2 Å². The number of ether oxygens (including phenoxy) is 2. The molecule has 2 amide bonds. The molecule has 0 aromatic heterocycles. The lowest BCUT2D eigenvalue weighted by molar-refractivity contribution is -0.141. The maximum absolute atomic E-state index is 13.8. The molecule has 10 nitrogen and oxygen atoms in total. The summed E-state index contributed by atoms with van der Waals surface area (Å²) in [7, 11) is 2.89. The Balaban J connectivity index is 1.55. The summed E-state index contributed by atoms with van der Waals surface area (Å²) in [5.41, 5.74) is 1.86. The van der Waals surface area contributed by atoms with Gasteiger partial charge >= 0.3 is 5.97 Å². The summed E-state index contributed by atoms with van der Waals surface area (Å²) in [5.74, 6) is -4.32. The van der Waals surface area contributed by atoms with Gasteiger partial charge in [0, 0.05) is 53.3 Å². The van der Waals surface area contributed by atoms with Gasteiger partial charge in [-0.1, -0.05) is 18.1 Å². The third kappa shape index (κ3) is 4.75. The highest BCUT2D eigenvalue weighted by molar-refractivity contribution is 6.24. The van der Waals surface area contributed by atoms with Crippen molar-refractivity contribution in [3.8, 4) is 17.2 Å². The van der Waals surface area contributed by atoms with E-state index in [4.69, 9.17) is 14.6 Å². The van der Waals surface area contributed by atoms with Gasteiger partial charge in [0.25, 0.3) is 0 Å². The van der Waals surface area contributed by atoms with E-state index < -0.39 is 29.6 Å². The molecule has 0 spiro atoms. The van der Waals surface area contributed by atoms with Crippen molar-refractivity contribution in [3.63, 3.8) is 0 Å². The van der Waals surface area contributed by atoms with E-state index in [0.717, 1.165) is 0 Å². The van der Waals surface area contributed by atoms with Crippen molar-refractivity contribution in [2.75, 3.05) is 20.8 Å². The second-order valence-electron chi connectivity index (χ2n) is 11.0. The standard InChI is InChI=1S/C31H33NO9/c1-15-11-21(33)20-14-19-17(26(27(20)29(15)37)28-22(34)12-16(40-2)13-23(28)41-3)8-9-18-25(19)31(39)32(30(18)38)10-6-4-5-7-24(35)36/h8,11-13,18-19,25-26,34H,4-7,9-10,14H2,1-3H3,(H,35,36)/t18-,19+,25-,26-/m0/s1. The molecular formula is C31H33NO9. The first-order valence-electron chi connectivity index (χ1n) is 13.8. The number of hydrogen-bond donors (Lipinski definition) is 2. The largest absolute Gasteiger partial charge is 0.507 e. The van der Waals surface area contributed by atoms with Gasteiger partial charge in [-0.05, 0) is 44.6 Å². The molecule has 0 unspecified atom stereocenters. The number of carboxylic acids is 1. The number of phenolic OH excluding ortho intramolecular Hbond substituents is 1. The lowest BCUT2D eigenvalue weighted by atomic mass is 9.59. The number of benzene rings is 1. The van der Waals surface area contributed by atoms with E-state index in [1.54, 1.807) is 13.0 Å². The molecule has 1 aliphatic heterocycles. The molecule has 4 atom stereocenters. The molecule has 0 bridgehead atoms. The monoisotopic (exact) mass is 563 g/mol. The van der Waals surface area contributed by atoms with E-state index >= 15 is 0 Å². The van der Waals surface area contributed by atoms with Crippen LogP contribution >= 0.6 is 0 Å². The van der Waals surface area contributed by atoms with Crippen molar-refractivity contribution in [1.82, 2.24) is 4.90 Å². The first-order chi connectivity index (χ1) is 19.6. The molecule has 1 heterocycles. The van der Waals surface area contributed by atoms with Crippen molar-refractivity contribution >= 4 is 29.4 Å². The van der Waals surface area contributed by atoms with Gasteiger partial charge in [-0.2, -0.15) is 0 Å². The third-order valence-electron chi connectivity index (χ3n) is 8.77. The number of fused-ring (bicyclic) bond motifs is 3. The fraction of sp³-hybridized carbons (Fsp3) is 0.452. The smallest absolute Gasteiger partial charge is 0.303 e. The highest BCUT2D eigenvalue weighted by Gasteiger charge is 2.56. The lowest BCUT2D eigenvalue weighted by Crippen LogP contribution is -2.40. The number of hydrogen-bond acceptors (Lipinski definition) is 8. The molecule has 5 rings (SSSR count). The van der Waals surface area contributed by atoms with Crippen molar-refractivity contribution in [2.45, 2.75) is 51.4 Å². The van der Waals surface area contributed by atoms with Crippen LogP contribution in [0.5, 0.6) is 17.2 Å². The van der Waals surface area contributed by atoms with E-state index in [9.17, 15) is 29.1 Å². The normalized spacial score (nSPS) is 25.4. The first kappa shape index (κ1) is 28.3. The van der Waals surface area contributed by atoms with Crippen LogP contribution in [0.15, 0.2) is 46.6 Å². The second-order valence-corrected chi connectivity index (χ2v) is 11.0. The molecule has 0 saturated carbocycles. The zero-order valence-corrected chi connectivity index (χ0v) is 23.3. The van der Waals surface area contributed by atoms with E-state index in [1.807, 2.05) is 6.08 Å². The minimum absolute atomic E-state index is 0.0314. The SMILES string of the molecule is COc1cc(O)c([C@H]2C3=CC[C@@H]4C(=O)N(CCCCCC(=O)O)C(=O)[C@@H]4[C@@H]3CC3=C2C(=O)C(C)=CC3=O)c(OC)c1. The fourth-order valence-electron chi connectivity index (χ4n) is 6.87. The number of aliphatic carboxylic acids is 1. The predicted octanol–water partition coefficient (Wildman–Crippen LogP) is 3.48. The summed E-state index contributed by atoms with van der Waals surface area (Å²) in [6.45, 7) is 1.78. The molecule has 41 heavy (non-hydrogen) atoms. The number of allylic oxidation sites excluding steroid dienone is 6. The van der Waals surface area contributed by atoms with Gasteiger partial charge in [0.15, 0.2) is 11.6 Å². The molecule has 1 aromatic carbocycles. The molecule has 2 N–H and O–H groups in total. The highest BCUT2D eigenvalue weighted by atomic mass is 16.5. The minimum atomic E-state index is -0.885. The Hall–Kier alpha value is -4.21. The van der Waals surface area contributed by atoms with Crippen molar-refractivity contribution in [1.29, 1.82) is 0 Å². The van der Waals surface area contributed by atoms with Gasteiger partial charge in [0.2, 0.25) is 11.8 Å². The maximum atomic E-state index is 13.8. The average molecular weight is 564 g/mol. The number of amides is 2. The maximum Gasteiger partial charge on any atom is 0.303 e. The predicted molar refractivity (Wildman–Crippen MR) is 145 cm³/mol. The molecular weight excluding hydrogens is 530 g/mol. The van der Waals surface area contributed by atoms with E-state index in [-0.39, 0.29) is 71.8 Å². The Morgan fingerprint density at radius 3 is 2.46 bits per heavy atom. The van der Waals surface area contributed by atoms with Gasteiger partial charge in [-0.15, -0.1) is 0 Å². The van der Waals surface area contributed by atoms with Crippen LogP contribution in [0.1, 0.15) is 56.9 Å². The van der Waals surface area contributed by atoms with Crippen LogP contribution in [0.4, 0.5) is 0 Å². The Kier molecular flexibility index (Phi) is 7.59. The molecule has 3 aliphatic carbocycles. The Labute approximate surface area is 237 Å². The van der Waals surface area contributed by atoms with Crippen LogP contribution in [0, 0.1) is 17.8 Å². The number of ketones is 2. The van der Waals surface area contributed by atoms with Crippen molar-refractivity contribution in [2.24, 2.45) is 17.8 Å². The molecule has 1 fully saturated rings. The Morgan fingerprint density at radius 1 is 1.02 bits per heavy atom. The van der Waals surface area contributed by atoms with Crippen LogP contribution in [-0.2, 0) is 24.0 Å². The summed E-state index contributed by atoms with van der Waals surface area (Å²) >= 11 is 0. The van der Waals surface area contributed by atoms with Crippen molar-refractivity contribution < 1.29 is 43.7 Å². The highest BCUT2D eigenvalue weighted by Crippen LogP contribution is 2.57. The van der Waals surface area contributed by atoms with Crippen molar-refractivity contribution in [3.05, 3.63) is 52.1 Å². The number of carbonyl (C=O) groups excluding carboxylic acids is 4. The molecule has 1 aromatic rings. The number of aromatic hydroxyl groups is 1. The van der Waals surface area contributed by atoms with Gasteiger partial charge in [-0.25, -0.2) is 0 Å². The number of nitrogens with zero attached hydrogens (tertiary/aromatic N) is 1. The summed E-state index contributed by atoms with van der Waals surface area (Å²) in [6.07, 6.45) is 5.18. The molecule has 216 valence electrons. The number of methoxy groups -OCH3 is 2. The Bertz CT molecular complexity index is 1450. The van der Waals surface area contributed by atoms with E-state index in [2.05, 4.69) is 0 Å². The quantitative estimate of drug-likeness (QED) is 0.199. The minimum Gasteiger partial charge on any atom is -0.507 e. The van der Waals surface area contributed by atoms with Gasteiger partial charge in [0.05, 0.1) is 26.1 Å². The van der Waals surface area contributed by atoms with E-state index in [1.165, 1.54) is 31.3 Å². The third-order valence-corrected chi connectivity index (χ3v) is 8.77. The summed E-state index contributed by atoms with van der Waals surface area (Å²) < 4.78 is 10.9. The number of Topliss-reactive ketones (excluding diaryl/α,β-unsaturated/α-hetero) is 1. The topological polar surface area (TPSA) is 148 Å². The number of phenols is 1. The fourth-order valence-corrected chi connectivity index (χ4v) is 6.87. The number of rotatable bonds is 9. The van der Waals surface area contributed by atoms with Gasteiger partial charge in [-0.3, -0.25) is 28.9 Å². The number of carbonyl (C=O) groups is 5. The second kappa shape index (κ2) is 11.0. The number of imide groups is 1. The number of carboxylic acid groups (broad SMARTS) is 1. The van der Waals surface area contributed by atoms with Crippen LogP contribution in [-0.4, -0.2) is 65.2 Å². The molecule has 0 radical (unpaired) electrons. The summed E-state index contributed by atoms with van der Waals surface area (Å²) in [6, 6.07) is 3.02. The van der Waals surface area contributed by atoms with E-state index in [0.29, 0.717) is 41.7 Å². The van der Waals surface area contributed by atoms with Crippen LogP contribution in [0.25, 0.3) is 0 Å². The van der Waals surface area contributed by atoms with Crippen LogP contribution in [0.3, 0.4) is 0 Å². The van der Waals surface area contributed by atoms with Crippen LogP contribution in [0.2, 0.25) is 0 Å². The average Bonchev–Trinajstić information content (AvgIpc) is 3.19. The summed E-state index contributed by atoms with van der Waals surface area (Å²) in [4.78, 5) is 66.1. The van der Waals surface area contributed by atoms with Gasteiger partial charge < -0.3 is 19.7 Å².